The molecular weight excluding hydrogens is 364 g/mol. The highest BCUT2D eigenvalue weighted by atomic mass is 32.2. The lowest BCUT2D eigenvalue weighted by atomic mass is 10.1. The summed E-state index contributed by atoms with van der Waals surface area (Å²) in [6, 6.07) is 5.16. The van der Waals surface area contributed by atoms with Gasteiger partial charge in [-0.2, -0.15) is 0 Å². The summed E-state index contributed by atoms with van der Waals surface area (Å²) in [6.45, 7) is 0. The van der Waals surface area contributed by atoms with Crippen LogP contribution in [0.1, 0.15) is 44.1 Å². The fourth-order valence-electron chi connectivity index (χ4n) is 3.31. The fourth-order valence-corrected chi connectivity index (χ4v) is 4.39. The molecule has 0 saturated heterocycles. The summed E-state index contributed by atoms with van der Waals surface area (Å²) in [5, 5.41) is 0. The Hall–Kier alpha value is -1.86. The molecule has 0 bridgehead atoms. The SMILES string of the molecule is COc1ccc(/C=C/C(=O)N(C)C2CCCCCC2)cc1S(=O)(=O)N(C)C. The molecule has 0 radical (unpaired) electrons. The first-order valence-corrected chi connectivity index (χ1v) is 10.8. The van der Waals surface area contributed by atoms with Gasteiger partial charge in [0.15, 0.2) is 0 Å². The van der Waals surface area contributed by atoms with Crippen molar-refractivity contribution in [2.24, 2.45) is 0 Å². The minimum atomic E-state index is -3.64. The molecule has 1 amide bonds. The molecule has 27 heavy (non-hydrogen) atoms. The number of rotatable bonds is 6. The van der Waals surface area contributed by atoms with Gasteiger partial charge in [0.1, 0.15) is 10.6 Å². The van der Waals surface area contributed by atoms with Crippen molar-refractivity contribution in [3.63, 3.8) is 0 Å². The molecule has 0 atom stereocenters. The van der Waals surface area contributed by atoms with E-state index in [0.29, 0.717) is 5.56 Å². The molecule has 2 rings (SSSR count). The number of benzene rings is 1. The van der Waals surface area contributed by atoms with Crippen LogP contribution in [0.25, 0.3) is 6.08 Å². The monoisotopic (exact) mass is 394 g/mol. The zero-order chi connectivity index (χ0) is 20.0. The van der Waals surface area contributed by atoms with E-state index >= 15 is 0 Å². The first kappa shape index (κ1) is 21.4. The van der Waals surface area contributed by atoms with E-state index in [1.54, 1.807) is 18.2 Å². The van der Waals surface area contributed by atoms with Crippen LogP contribution >= 0.6 is 0 Å². The highest BCUT2D eigenvalue weighted by molar-refractivity contribution is 7.89. The predicted molar refractivity (Wildman–Crippen MR) is 107 cm³/mol. The van der Waals surface area contributed by atoms with Crippen molar-refractivity contribution in [3.05, 3.63) is 29.8 Å². The van der Waals surface area contributed by atoms with E-state index in [0.717, 1.165) is 30.0 Å². The van der Waals surface area contributed by atoms with E-state index in [4.69, 9.17) is 4.74 Å². The normalized spacial score (nSPS) is 16.5. The van der Waals surface area contributed by atoms with Crippen LogP contribution in [0.4, 0.5) is 0 Å². The second kappa shape index (κ2) is 9.37. The van der Waals surface area contributed by atoms with Gasteiger partial charge in [0, 0.05) is 33.3 Å². The van der Waals surface area contributed by atoms with Gasteiger partial charge in [-0.1, -0.05) is 31.7 Å². The summed E-state index contributed by atoms with van der Waals surface area (Å²) in [4.78, 5) is 14.4. The molecule has 0 spiro atoms. The van der Waals surface area contributed by atoms with E-state index in [9.17, 15) is 13.2 Å². The molecule has 0 heterocycles. The third-order valence-electron chi connectivity index (χ3n) is 5.08. The molecule has 1 aromatic carbocycles. The highest BCUT2D eigenvalue weighted by Gasteiger charge is 2.23. The lowest BCUT2D eigenvalue weighted by molar-refractivity contribution is -0.126. The van der Waals surface area contributed by atoms with Gasteiger partial charge in [-0.3, -0.25) is 4.79 Å². The van der Waals surface area contributed by atoms with Gasteiger partial charge < -0.3 is 9.64 Å². The Kier molecular flexibility index (Phi) is 7.44. The first-order valence-electron chi connectivity index (χ1n) is 9.33. The van der Waals surface area contributed by atoms with Crippen molar-refractivity contribution in [1.29, 1.82) is 0 Å². The lowest BCUT2D eigenvalue weighted by Crippen LogP contribution is -2.35. The molecule has 1 aromatic rings. The van der Waals surface area contributed by atoms with Crippen LogP contribution in [0.5, 0.6) is 5.75 Å². The zero-order valence-electron chi connectivity index (χ0n) is 16.6. The van der Waals surface area contributed by atoms with E-state index in [1.165, 1.54) is 46.2 Å². The second-order valence-electron chi connectivity index (χ2n) is 7.13. The molecular formula is C20H30N2O4S. The highest BCUT2D eigenvalue weighted by Crippen LogP contribution is 2.27. The van der Waals surface area contributed by atoms with Crippen molar-refractivity contribution in [3.8, 4) is 5.75 Å². The second-order valence-corrected chi connectivity index (χ2v) is 9.25. The fraction of sp³-hybridized carbons (Fsp3) is 0.550. The van der Waals surface area contributed by atoms with Crippen LogP contribution in [-0.4, -0.2) is 57.8 Å². The van der Waals surface area contributed by atoms with Crippen LogP contribution in [-0.2, 0) is 14.8 Å². The van der Waals surface area contributed by atoms with Crippen molar-refractivity contribution in [2.45, 2.75) is 49.5 Å². The number of sulfonamides is 1. The third kappa shape index (κ3) is 5.32. The van der Waals surface area contributed by atoms with Gasteiger partial charge in [0.05, 0.1) is 7.11 Å². The van der Waals surface area contributed by atoms with Crippen molar-refractivity contribution >= 4 is 22.0 Å². The number of likely N-dealkylation sites (N-methyl/N-ethyl adjacent to an activating group) is 1. The number of carbonyl (C=O) groups is 1. The average molecular weight is 395 g/mol. The topological polar surface area (TPSA) is 66.9 Å². The maximum absolute atomic E-state index is 12.5. The molecule has 1 aliphatic rings. The van der Waals surface area contributed by atoms with Gasteiger partial charge in [0.25, 0.3) is 0 Å². The summed E-state index contributed by atoms with van der Waals surface area (Å²) < 4.78 is 31.3. The predicted octanol–water partition coefficient (Wildman–Crippen LogP) is 3.14. The number of hydrogen-bond acceptors (Lipinski definition) is 4. The molecule has 1 aliphatic carbocycles. The molecule has 1 fully saturated rings. The standard InChI is InChI=1S/C20H30N2O4S/c1-21(2)27(24,25)19-15-16(11-13-18(19)26-4)12-14-20(23)22(3)17-9-7-5-6-8-10-17/h11-15,17H,5-10H2,1-4H3/b14-12+. The summed E-state index contributed by atoms with van der Waals surface area (Å²) in [7, 11) is 2.59. The number of amides is 1. The quantitative estimate of drug-likeness (QED) is 0.549. The Labute approximate surface area is 162 Å². The van der Waals surface area contributed by atoms with Gasteiger partial charge in [-0.15, -0.1) is 0 Å². The number of nitrogens with zero attached hydrogens (tertiary/aromatic N) is 2. The Morgan fingerprint density at radius 1 is 1.11 bits per heavy atom. The Balaban J connectivity index is 2.20. The van der Waals surface area contributed by atoms with E-state index in [2.05, 4.69) is 0 Å². The molecule has 0 aliphatic heterocycles. The largest absolute Gasteiger partial charge is 0.495 e. The minimum Gasteiger partial charge on any atom is -0.495 e. The third-order valence-corrected chi connectivity index (χ3v) is 6.92. The van der Waals surface area contributed by atoms with E-state index in [-0.39, 0.29) is 22.6 Å². The number of hydrogen-bond donors (Lipinski definition) is 0. The van der Waals surface area contributed by atoms with Gasteiger partial charge in [-0.25, -0.2) is 12.7 Å². The van der Waals surface area contributed by atoms with E-state index < -0.39 is 10.0 Å². The van der Waals surface area contributed by atoms with Gasteiger partial charge >= 0.3 is 0 Å². The van der Waals surface area contributed by atoms with Crippen molar-refractivity contribution in [2.75, 3.05) is 28.3 Å². The summed E-state index contributed by atoms with van der Waals surface area (Å²) in [6.07, 6.45) is 10.1. The Morgan fingerprint density at radius 3 is 2.30 bits per heavy atom. The van der Waals surface area contributed by atoms with Crippen LogP contribution in [0, 0.1) is 0 Å². The number of ether oxygens (including phenoxy) is 1. The van der Waals surface area contributed by atoms with Gasteiger partial charge in [-0.05, 0) is 36.6 Å². The first-order chi connectivity index (χ1) is 12.8. The lowest BCUT2D eigenvalue weighted by Gasteiger charge is -2.26. The molecule has 150 valence electrons. The summed E-state index contributed by atoms with van der Waals surface area (Å²) in [5.41, 5.74) is 0.638. The average Bonchev–Trinajstić information content (AvgIpc) is 2.94. The number of methoxy groups -OCH3 is 1. The minimum absolute atomic E-state index is 0.0604. The number of carbonyl (C=O) groups excluding carboxylic acids is 1. The Bertz CT molecular complexity index is 779. The summed E-state index contributed by atoms with van der Waals surface area (Å²) >= 11 is 0. The van der Waals surface area contributed by atoms with Crippen LogP contribution in [0.3, 0.4) is 0 Å². The molecule has 0 N–H and O–H groups in total. The smallest absolute Gasteiger partial charge is 0.246 e. The van der Waals surface area contributed by atoms with Crippen molar-refractivity contribution in [1.82, 2.24) is 9.21 Å². The molecule has 0 aromatic heterocycles. The van der Waals surface area contributed by atoms with Crippen LogP contribution in [0.15, 0.2) is 29.2 Å². The Morgan fingerprint density at radius 2 is 1.74 bits per heavy atom. The molecule has 6 nitrogen and oxygen atoms in total. The van der Waals surface area contributed by atoms with Crippen LogP contribution < -0.4 is 4.74 Å². The maximum atomic E-state index is 12.5. The molecule has 1 saturated carbocycles. The van der Waals surface area contributed by atoms with Crippen LogP contribution in [0.2, 0.25) is 0 Å². The van der Waals surface area contributed by atoms with Gasteiger partial charge in [0.2, 0.25) is 15.9 Å². The van der Waals surface area contributed by atoms with Crippen molar-refractivity contribution < 1.29 is 17.9 Å². The molecule has 7 heteroatoms. The summed E-state index contributed by atoms with van der Waals surface area (Å²) in [5.74, 6) is 0.220. The van der Waals surface area contributed by atoms with E-state index in [1.807, 2.05) is 11.9 Å². The molecule has 0 unspecified atom stereocenters. The zero-order valence-corrected chi connectivity index (χ0v) is 17.5. The maximum Gasteiger partial charge on any atom is 0.246 e.